The first-order chi connectivity index (χ1) is 16.2. The van der Waals surface area contributed by atoms with Crippen molar-refractivity contribution < 1.29 is 0 Å². The van der Waals surface area contributed by atoms with Gasteiger partial charge in [0, 0.05) is 6.42 Å². The molecular formula is C30H25N3. The largest absolute Gasteiger partial charge is 0.265 e. The zero-order chi connectivity index (χ0) is 22.3. The second-order valence-electron chi connectivity index (χ2n) is 8.79. The molecule has 3 heteroatoms. The Morgan fingerprint density at radius 2 is 1.42 bits per heavy atom. The summed E-state index contributed by atoms with van der Waals surface area (Å²) in [4.78, 5) is 5.41. The van der Waals surface area contributed by atoms with Crippen LogP contribution in [0.3, 0.4) is 0 Å². The van der Waals surface area contributed by atoms with Crippen molar-refractivity contribution in [1.29, 1.82) is 0 Å². The Morgan fingerprint density at radius 1 is 0.758 bits per heavy atom. The number of hydrogen-bond donors (Lipinski definition) is 0. The predicted octanol–water partition coefficient (Wildman–Crippen LogP) is 5.01. The van der Waals surface area contributed by atoms with E-state index in [1.165, 1.54) is 21.9 Å². The SMILES string of the molecule is Cc1ccccc1C1N(c2ccccc2)N=C(Cc2ccccc2)C12C=c1ccccc1=N2. The molecule has 0 bridgehead atoms. The van der Waals surface area contributed by atoms with Gasteiger partial charge in [-0.1, -0.05) is 91.0 Å². The lowest BCUT2D eigenvalue weighted by atomic mass is 9.79. The molecule has 33 heavy (non-hydrogen) atoms. The van der Waals surface area contributed by atoms with Gasteiger partial charge in [0.05, 0.1) is 16.8 Å². The second-order valence-corrected chi connectivity index (χ2v) is 8.79. The molecule has 4 aromatic carbocycles. The quantitative estimate of drug-likeness (QED) is 0.450. The number of hydrazone groups is 1. The summed E-state index contributed by atoms with van der Waals surface area (Å²) in [6.45, 7) is 2.18. The molecule has 2 heterocycles. The van der Waals surface area contributed by atoms with E-state index in [0.29, 0.717) is 0 Å². The minimum absolute atomic E-state index is 0.0628. The van der Waals surface area contributed by atoms with Gasteiger partial charge in [0.2, 0.25) is 0 Å². The first kappa shape index (κ1) is 19.7. The molecule has 0 aromatic heterocycles. The standard InChI is InChI=1S/C30H25N3/c1-22-12-8-10-18-26(22)29-30(21-24-15-9-11-19-27(24)31-30)28(20-23-13-4-2-5-14-23)32-33(29)25-16-6-3-7-17-25/h2-19,21,29H,20H2,1H3. The number of anilines is 1. The van der Waals surface area contributed by atoms with E-state index in [2.05, 4.69) is 127 Å². The van der Waals surface area contributed by atoms with Gasteiger partial charge in [-0.3, -0.25) is 10.0 Å². The number of para-hydroxylation sites is 2. The van der Waals surface area contributed by atoms with Crippen LogP contribution in [0, 0.1) is 6.92 Å². The van der Waals surface area contributed by atoms with Crippen molar-refractivity contribution >= 4 is 17.5 Å². The molecular weight excluding hydrogens is 402 g/mol. The highest BCUT2D eigenvalue weighted by molar-refractivity contribution is 6.05. The number of aryl methyl sites for hydroxylation is 1. The van der Waals surface area contributed by atoms with Gasteiger partial charge in [-0.05, 0) is 53.1 Å². The van der Waals surface area contributed by atoms with Crippen molar-refractivity contribution in [3.8, 4) is 0 Å². The first-order valence-electron chi connectivity index (χ1n) is 11.4. The van der Waals surface area contributed by atoms with E-state index >= 15 is 0 Å². The number of nitrogens with zero attached hydrogens (tertiary/aromatic N) is 3. The van der Waals surface area contributed by atoms with Crippen LogP contribution in [-0.4, -0.2) is 11.3 Å². The summed E-state index contributed by atoms with van der Waals surface area (Å²) >= 11 is 0. The topological polar surface area (TPSA) is 28.0 Å². The molecule has 1 spiro atoms. The molecule has 0 radical (unpaired) electrons. The third-order valence-electron chi connectivity index (χ3n) is 6.69. The smallest absolute Gasteiger partial charge is 0.147 e. The van der Waals surface area contributed by atoms with Crippen LogP contribution in [0.4, 0.5) is 5.69 Å². The summed E-state index contributed by atoms with van der Waals surface area (Å²) in [7, 11) is 0. The number of hydrogen-bond acceptors (Lipinski definition) is 3. The van der Waals surface area contributed by atoms with Crippen LogP contribution in [0.2, 0.25) is 0 Å². The molecule has 2 unspecified atom stereocenters. The molecule has 160 valence electrons. The van der Waals surface area contributed by atoms with Crippen molar-refractivity contribution in [3.63, 3.8) is 0 Å². The summed E-state index contributed by atoms with van der Waals surface area (Å²) in [6, 6.07) is 38.1. The minimum Gasteiger partial charge on any atom is -0.265 e. The fourth-order valence-electron chi connectivity index (χ4n) is 5.10. The molecule has 0 N–H and O–H groups in total. The highest BCUT2D eigenvalue weighted by Gasteiger charge is 2.52. The van der Waals surface area contributed by atoms with Crippen LogP contribution in [0.5, 0.6) is 0 Å². The lowest BCUT2D eigenvalue weighted by Gasteiger charge is -2.34. The third kappa shape index (κ3) is 3.28. The molecule has 0 amide bonds. The molecule has 2 aliphatic heterocycles. The lowest BCUT2D eigenvalue weighted by molar-refractivity contribution is 0.566. The fraction of sp³-hybridized carbons (Fsp3) is 0.133. The van der Waals surface area contributed by atoms with Gasteiger partial charge >= 0.3 is 0 Å². The molecule has 6 rings (SSSR count). The molecule has 0 saturated carbocycles. The number of fused-ring (bicyclic) bond motifs is 1. The second kappa shape index (κ2) is 7.86. The Labute approximate surface area is 194 Å². The lowest BCUT2D eigenvalue weighted by Crippen LogP contribution is -2.41. The number of rotatable bonds is 4. The van der Waals surface area contributed by atoms with Crippen LogP contribution in [-0.2, 0) is 6.42 Å². The van der Waals surface area contributed by atoms with Crippen LogP contribution >= 0.6 is 0 Å². The van der Waals surface area contributed by atoms with Gasteiger partial charge in [-0.2, -0.15) is 5.10 Å². The average Bonchev–Trinajstić information content (AvgIpc) is 3.39. The summed E-state index contributed by atoms with van der Waals surface area (Å²) < 4.78 is 0. The fourth-order valence-corrected chi connectivity index (χ4v) is 5.10. The summed E-state index contributed by atoms with van der Waals surface area (Å²) in [5.41, 5.74) is 5.32. The van der Waals surface area contributed by atoms with E-state index in [0.717, 1.165) is 23.2 Å². The summed E-state index contributed by atoms with van der Waals surface area (Å²) in [5.74, 6) is 0. The summed E-state index contributed by atoms with van der Waals surface area (Å²) in [6.07, 6.45) is 3.09. The van der Waals surface area contributed by atoms with Crippen LogP contribution in [0.25, 0.3) is 6.08 Å². The van der Waals surface area contributed by atoms with Gasteiger partial charge < -0.3 is 0 Å². The van der Waals surface area contributed by atoms with E-state index in [-0.39, 0.29) is 6.04 Å². The van der Waals surface area contributed by atoms with E-state index in [9.17, 15) is 0 Å². The maximum Gasteiger partial charge on any atom is 0.147 e. The Morgan fingerprint density at radius 3 is 2.18 bits per heavy atom. The van der Waals surface area contributed by atoms with Crippen molar-refractivity contribution in [2.24, 2.45) is 10.1 Å². The Balaban J connectivity index is 1.61. The molecule has 2 aliphatic rings. The maximum atomic E-state index is 5.41. The minimum atomic E-state index is -0.568. The van der Waals surface area contributed by atoms with Crippen molar-refractivity contribution in [1.82, 2.24) is 0 Å². The molecule has 0 aliphatic carbocycles. The van der Waals surface area contributed by atoms with E-state index in [1.54, 1.807) is 0 Å². The van der Waals surface area contributed by atoms with Crippen LogP contribution in [0.15, 0.2) is 119 Å². The van der Waals surface area contributed by atoms with E-state index < -0.39 is 5.54 Å². The maximum absolute atomic E-state index is 5.41. The molecule has 0 fully saturated rings. The Kier molecular flexibility index (Phi) is 4.69. The highest BCUT2D eigenvalue weighted by atomic mass is 15.5. The first-order valence-corrected chi connectivity index (χ1v) is 11.4. The summed E-state index contributed by atoms with van der Waals surface area (Å²) in [5, 5.41) is 9.69. The molecule has 3 nitrogen and oxygen atoms in total. The Bertz CT molecular complexity index is 1420. The monoisotopic (exact) mass is 427 g/mol. The number of benzene rings is 4. The molecule has 0 saturated heterocycles. The van der Waals surface area contributed by atoms with Crippen LogP contribution < -0.4 is 15.6 Å². The van der Waals surface area contributed by atoms with Gasteiger partial charge in [0.25, 0.3) is 0 Å². The Hall–Kier alpha value is -3.98. The molecule has 4 aromatic rings. The average molecular weight is 428 g/mol. The van der Waals surface area contributed by atoms with E-state index in [1.807, 2.05) is 0 Å². The van der Waals surface area contributed by atoms with Crippen molar-refractivity contribution in [3.05, 3.63) is 136 Å². The third-order valence-corrected chi connectivity index (χ3v) is 6.69. The van der Waals surface area contributed by atoms with Crippen LogP contribution in [0.1, 0.15) is 22.7 Å². The van der Waals surface area contributed by atoms with Gasteiger partial charge in [0.15, 0.2) is 0 Å². The zero-order valence-electron chi connectivity index (χ0n) is 18.6. The highest BCUT2D eigenvalue weighted by Crippen LogP contribution is 2.47. The van der Waals surface area contributed by atoms with E-state index in [4.69, 9.17) is 10.1 Å². The predicted molar refractivity (Wildman–Crippen MR) is 135 cm³/mol. The van der Waals surface area contributed by atoms with Gasteiger partial charge in [-0.25, -0.2) is 0 Å². The van der Waals surface area contributed by atoms with Crippen molar-refractivity contribution in [2.75, 3.05) is 5.01 Å². The zero-order valence-corrected chi connectivity index (χ0v) is 18.6. The van der Waals surface area contributed by atoms with Gasteiger partial charge in [-0.15, -0.1) is 0 Å². The normalized spacial score (nSPS) is 20.8. The van der Waals surface area contributed by atoms with Crippen molar-refractivity contribution in [2.45, 2.75) is 24.9 Å². The molecule has 2 atom stereocenters. The van der Waals surface area contributed by atoms with Gasteiger partial charge in [0.1, 0.15) is 11.6 Å².